The summed E-state index contributed by atoms with van der Waals surface area (Å²) in [4.78, 5) is 17.0. The van der Waals surface area contributed by atoms with E-state index in [0.717, 1.165) is 6.54 Å². The number of carboxylic acids is 1. The minimum absolute atomic E-state index is 0.178. The fraction of sp³-hybridized carbons (Fsp3) is 0.455. The van der Waals surface area contributed by atoms with Crippen LogP contribution in [0.15, 0.2) is 10.5 Å². The summed E-state index contributed by atoms with van der Waals surface area (Å²) in [5.41, 5.74) is 0.623. The molecule has 1 rings (SSSR count). The second-order valence-electron chi connectivity index (χ2n) is 3.87. The quantitative estimate of drug-likeness (QED) is 0.898. The number of ether oxygens (including phenoxy) is 1. The zero-order valence-electron chi connectivity index (χ0n) is 10.0. The molecule has 1 heterocycles. The van der Waals surface area contributed by atoms with Crippen LogP contribution in [0.1, 0.15) is 16.1 Å². The van der Waals surface area contributed by atoms with Crippen molar-refractivity contribution in [2.75, 3.05) is 27.2 Å². The van der Waals surface area contributed by atoms with Crippen molar-refractivity contribution in [2.24, 2.45) is 0 Å². The number of aromatic nitrogens is 1. The molecule has 0 aliphatic heterocycles. The van der Waals surface area contributed by atoms with Crippen LogP contribution in [0, 0.1) is 6.92 Å². The Bertz CT molecular complexity index is 421. The van der Waals surface area contributed by atoms with E-state index in [-0.39, 0.29) is 5.56 Å². The Morgan fingerprint density at radius 3 is 2.76 bits per heavy atom. The standard InChI is InChI=1S/C11H15BrN2O3/c1-7-8(11(15)16)6-9(12)10(13-7)17-5-4-14(2)3/h6H,4-5H2,1-3H3,(H,15,16). The number of likely N-dealkylation sites (N-methyl/N-ethyl adjacent to an activating group) is 1. The highest BCUT2D eigenvalue weighted by atomic mass is 79.9. The predicted octanol–water partition coefficient (Wildman–Crippen LogP) is 1.79. The zero-order chi connectivity index (χ0) is 13.0. The third-order valence-corrected chi connectivity index (χ3v) is 2.71. The maximum absolute atomic E-state index is 10.9. The van der Waals surface area contributed by atoms with E-state index >= 15 is 0 Å². The van der Waals surface area contributed by atoms with Crippen molar-refractivity contribution in [1.82, 2.24) is 9.88 Å². The maximum Gasteiger partial charge on any atom is 0.337 e. The van der Waals surface area contributed by atoms with Crippen LogP contribution < -0.4 is 4.74 Å². The molecular formula is C11H15BrN2O3. The number of halogens is 1. The van der Waals surface area contributed by atoms with Crippen molar-refractivity contribution in [3.05, 3.63) is 21.8 Å². The van der Waals surface area contributed by atoms with Gasteiger partial charge in [-0.05, 0) is 43.0 Å². The van der Waals surface area contributed by atoms with Crippen LogP contribution in [0.4, 0.5) is 0 Å². The molecular weight excluding hydrogens is 288 g/mol. The van der Waals surface area contributed by atoms with Crippen LogP contribution in [0.5, 0.6) is 5.88 Å². The Balaban J connectivity index is 2.81. The van der Waals surface area contributed by atoms with Gasteiger partial charge in [0.2, 0.25) is 5.88 Å². The Labute approximate surface area is 109 Å². The summed E-state index contributed by atoms with van der Waals surface area (Å²) in [5.74, 6) is -0.565. The molecule has 17 heavy (non-hydrogen) atoms. The van der Waals surface area contributed by atoms with Crippen molar-refractivity contribution < 1.29 is 14.6 Å². The summed E-state index contributed by atoms with van der Waals surface area (Å²) in [6.45, 7) is 2.92. The van der Waals surface area contributed by atoms with Crippen molar-refractivity contribution in [3.63, 3.8) is 0 Å². The molecule has 0 bridgehead atoms. The molecule has 0 atom stereocenters. The molecule has 1 aromatic rings. The van der Waals surface area contributed by atoms with Gasteiger partial charge in [0, 0.05) is 6.54 Å². The van der Waals surface area contributed by atoms with Crippen molar-refractivity contribution in [1.29, 1.82) is 0 Å². The van der Waals surface area contributed by atoms with Gasteiger partial charge >= 0.3 is 5.97 Å². The highest BCUT2D eigenvalue weighted by Gasteiger charge is 2.13. The van der Waals surface area contributed by atoms with E-state index < -0.39 is 5.97 Å². The Morgan fingerprint density at radius 1 is 1.59 bits per heavy atom. The van der Waals surface area contributed by atoms with Gasteiger partial charge in [-0.3, -0.25) is 0 Å². The summed E-state index contributed by atoms with van der Waals surface area (Å²) in [6.07, 6.45) is 0. The highest BCUT2D eigenvalue weighted by molar-refractivity contribution is 9.10. The molecule has 0 fully saturated rings. The van der Waals surface area contributed by atoms with Crippen molar-refractivity contribution >= 4 is 21.9 Å². The zero-order valence-corrected chi connectivity index (χ0v) is 11.6. The summed E-state index contributed by atoms with van der Waals surface area (Å²) < 4.78 is 6.03. The number of nitrogens with zero attached hydrogens (tertiary/aromatic N) is 2. The SMILES string of the molecule is Cc1nc(OCCN(C)C)c(Br)cc1C(=O)O. The smallest absolute Gasteiger partial charge is 0.337 e. The van der Waals surface area contributed by atoms with Crippen LogP contribution in [0.3, 0.4) is 0 Å². The van der Waals surface area contributed by atoms with Crippen LogP contribution in [0.25, 0.3) is 0 Å². The van der Waals surface area contributed by atoms with E-state index in [1.165, 1.54) is 6.07 Å². The average Bonchev–Trinajstić information content (AvgIpc) is 2.21. The molecule has 1 N–H and O–H groups in total. The first kappa shape index (κ1) is 13.9. The largest absolute Gasteiger partial charge is 0.478 e. The number of pyridine rings is 1. The van der Waals surface area contributed by atoms with Gasteiger partial charge in [0.25, 0.3) is 0 Å². The van der Waals surface area contributed by atoms with E-state index in [9.17, 15) is 4.79 Å². The predicted molar refractivity (Wildman–Crippen MR) is 67.7 cm³/mol. The summed E-state index contributed by atoms with van der Waals surface area (Å²) in [5, 5.41) is 8.92. The molecule has 0 radical (unpaired) electrons. The minimum Gasteiger partial charge on any atom is -0.478 e. The number of aryl methyl sites for hydroxylation is 1. The molecule has 0 aromatic carbocycles. The first-order chi connectivity index (χ1) is 7.91. The normalized spacial score (nSPS) is 10.6. The van der Waals surface area contributed by atoms with E-state index in [1.54, 1.807) is 6.92 Å². The monoisotopic (exact) mass is 302 g/mol. The van der Waals surface area contributed by atoms with Gasteiger partial charge in [-0.1, -0.05) is 0 Å². The topological polar surface area (TPSA) is 62.7 Å². The molecule has 0 aliphatic rings. The van der Waals surface area contributed by atoms with Crippen LogP contribution in [-0.4, -0.2) is 48.2 Å². The van der Waals surface area contributed by atoms with Crippen molar-refractivity contribution in [2.45, 2.75) is 6.92 Å². The fourth-order valence-corrected chi connectivity index (χ4v) is 1.63. The Hall–Kier alpha value is -1.14. The number of rotatable bonds is 5. The van der Waals surface area contributed by atoms with Gasteiger partial charge in [0.05, 0.1) is 15.7 Å². The number of aromatic carboxylic acids is 1. The lowest BCUT2D eigenvalue weighted by atomic mass is 10.2. The molecule has 0 aliphatic carbocycles. The van der Waals surface area contributed by atoms with Gasteiger partial charge in [-0.25, -0.2) is 9.78 Å². The maximum atomic E-state index is 10.9. The summed E-state index contributed by atoms with van der Waals surface area (Å²) in [7, 11) is 3.90. The second-order valence-corrected chi connectivity index (χ2v) is 4.72. The number of carboxylic acid groups (broad SMARTS) is 1. The Kier molecular flexibility index (Phi) is 4.89. The van der Waals surface area contributed by atoms with Crippen LogP contribution in [0.2, 0.25) is 0 Å². The number of hydrogen-bond donors (Lipinski definition) is 1. The van der Waals surface area contributed by atoms with E-state index in [4.69, 9.17) is 9.84 Å². The Morgan fingerprint density at radius 2 is 2.24 bits per heavy atom. The minimum atomic E-state index is -0.990. The van der Waals surface area contributed by atoms with Crippen molar-refractivity contribution in [3.8, 4) is 5.88 Å². The van der Waals surface area contributed by atoms with E-state index in [0.29, 0.717) is 22.7 Å². The summed E-state index contributed by atoms with van der Waals surface area (Å²) >= 11 is 3.25. The van der Waals surface area contributed by atoms with Gasteiger partial charge in [0.1, 0.15) is 6.61 Å². The molecule has 94 valence electrons. The van der Waals surface area contributed by atoms with E-state index in [1.807, 2.05) is 19.0 Å². The molecule has 0 spiro atoms. The average molecular weight is 303 g/mol. The molecule has 0 unspecified atom stereocenters. The first-order valence-electron chi connectivity index (χ1n) is 5.09. The third-order valence-electron chi connectivity index (χ3n) is 2.14. The van der Waals surface area contributed by atoms with Gasteiger partial charge in [-0.15, -0.1) is 0 Å². The lowest BCUT2D eigenvalue weighted by Crippen LogP contribution is -2.20. The number of hydrogen-bond acceptors (Lipinski definition) is 4. The van der Waals surface area contributed by atoms with E-state index in [2.05, 4.69) is 20.9 Å². The lowest BCUT2D eigenvalue weighted by molar-refractivity contribution is 0.0695. The van der Waals surface area contributed by atoms with Crippen LogP contribution in [-0.2, 0) is 0 Å². The van der Waals surface area contributed by atoms with Gasteiger partial charge in [-0.2, -0.15) is 0 Å². The lowest BCUT2D eigenvalue weighted by Gasteiger charge is -2.12. The molecule has 5 nitrogen and oxygen atoms in total. The third kappa shape index (κ3) is 3.98. The molecule has 0 saturated heterocycles. The molecule has 0 amide bonds. The van der Waals surface area contributed by atoms with Gasteiger partial charge in [0.15, 0.2) is 0 Å². The number of carbonyl (C=O) groups is 1. The highest BCUT2D eigenvalue weighted by Crippen LogP contribution is 2.25. The molecule has 1 aromatic heterocycles. The molecule has 0 saturated carbocycles. The molecule has 6 heteroatoms. The second kappa shape index (κ2) is 5.97. The van der Waals surface area contributed by atoms with Crippen LogP contribution >= 0.6 is 15.9 Å². The first-order valence-corrected chi connectivity index (χ1v) is 5.89. The summed E-state index contributed by atoms with van der Waals surface area (Å²) in [6, 6.07) is 1.51. The van der Waals surface area contributed by atoms with Gasteiger partial charge < -0.3 is 14.7 Å². The fourth-order valence-electron chi connectivity index (χ4n) is 1.20.